The van der Waals surface area contributed by atoms with Crippen molar-refractivity contribution in [1.82, 2.24) is 42.7 Å². The fourth-order valence-corrected chi connectivity index (χ4v) is 13.3. The highest BCUT2D eigenvalue weighted by atomic mass is 16.7. The van der Waals surface area contributed by atoms with Crippen LogP contribution in [0.2, 0.25) is 0 Å². The molecule has 0 aromatic heterocycles. The van der Waals surface area contributed by atoms with E-state index in [1.807, 2.05) is 0 Å². The number of ether oxygens (including phenoxy) is 12. The molecule has 15 unspecified atom stereocenters. The van der Waals surface area contributed by atoms with Crippen LogP contribution in [0.3, 0.4) is 0 Å². The summed E-state index contributed by atoms with van der Waals surface area (Å²) in [5.74, 6) is -1.91. The van der Waals surface area contributed by atoms with Crippen molar-refractivity contribution in [3.05, 3.63) is 0 Å². The van der Waals surface area contributed by atoms with Gasteiger partial charge in [0, 0.05) is 78.0 Å². The van der Waals surface area contributed by atoms with Crippen LogP contribution in [0.25, 0.3) is 0 Å². The van der Waals surface area contributed by atoms with Gasteiger partial charge in [0.25, 0.3) is 0 Å². The van der Waals surface area contributed by atoms with Gasteiger partial charge in [-0.25, -0.2) is 5.48 Å². The van der Waals surface area contributed by atoms with E-state index in [1.54, 1.807) is 0 Å². The fourth-order valence-electron chi connectivity index (χ4n) is 13.3. The van der Waals surface area contributed by atoms with Crippen LogP contribution < -0.4 is 42.7 Å². The highest BCUT2D eigenvalue weighted by molar-refractivity contribution is 5.82. The molecule has 3 heterocycles. The van der Waals surface area contributed by atoms with Gasteiger partial charge in [-0.05, 0) is 50.4 Å². The van der Waals surface area contributed by atoms with Crippen molar-refractivity contribution in [2.75, 3.05) is 145 Å². The summed E-state index contributed by atoms with van der Waals surface area (Å²) in [6, 6.07) is -3.35. The largest absolute Gasteiger partial charge is 0.394 e. The Morgan fingerprint density at radius 1 is 0.422 bits per heavy atom. The number of nitrogens with one attached hydrogen (secondary N) is 8. The normalized spacial score (nSPS) is 27.2. The van der Waals surface area contributed by atoms with E-state index in [1.165, 1.54) is 20.8 Å². The monoisotopic (exact) mass is 1570 g/mol. The van der Waals surface area contributed by atoms with Gasteiger partial charge in [0.15, 0.2) is 18.9 Å². The Morgan fingerprint density at radius 2 is 0.752 bits per heavy atom. The zero-order valence-corrected chi connectivity index (χ0v) is 64.1. The third kappa shape index (κ3) is 37.7. The predicted molar refractivity (Wildman–Crippen MR) is 383 cm³/mol. The first-order chi connectivity index (χ1) is 52.4. The highest BCUT2D eigenvalue weighted by Gasteiger charge is 2.48. The Labute approximate surface area is 638 Å². The summed E-state index contributed by atoms with van der Waals surface area (Å²) in [6.45, 7) is 7.28. The quantitative estimate of drug-likeness (QED) is 0.0202. The van der Waals surface area contributed by atoms with Crippen molar-refractivity contribution in [2.24, 2.45) is 11.8 Å². The molecule has 4 fully saturated rings. The van der Waals surface area contributed by atoms with Gasteiger partial charge in [0.2, 0.25) is 41.4 Å². The molecule has 0 aromatic rings. The maximum atomic E-state index is 13.8. The van der Waals surface area contributed by atoms with E-state index < -0.39 is 153 Å². The van der Waals surface area contributed by atoms with Crippen LogP contribution in [0.5, 0.6) is 0 Å². The lowest BCUT2D eigenvalue weighted by molar-refractivity contribution is -0.272. The first-order valence-corrected chi connectivity index (χ1v) is 38.4. The second kappa shape index (κ2) is 55.5. The van der Waals surface area contributed by atoms with E-state index in [0.717, 1.165) is 51.4 Å². The van der Waals surface area contributed by atoms with Crippen molar-refractivity contribution in [3.8, 4) is 0 Å². The Hall–Kier alpha value is -4.96. The molecule has 1 aliphatic carbocycles. The van der Waals surface area contributed by atoms with Gasteiger partial charge in [-0.3, -0.25) is 43.2 Å². The summed E-state index contributed by atoms with van der Waals surface area (Å²) in [5.41, 5.74) is 1.43. The molecule has 4 rings (SSSR count). The molecule has 632 valence electrons. The second-order valence-corrected chi connectivity index (χ2v) is 27.6. The van der Waals surface area contributed by atoms with Crippen molar-refractivity contribution >= 4 is 47.1 Å². The Morgan fingerprint density at radius 3 is 1.07 bits per heavy atom. The number of Topliss-reactive ketones (excluding diaryl/α,β-unsaturated/α-hetero) is 1. The maximum absolute atomic E-state index is 13.8. The van der Waals surface area contributed by atoms with E-state index in [2.05, 4.69) is 56.5 Å². The van der Waals surface area contributed by atoms with Crippen molar-refractivity contribution < 1.29 is 146 Å². The number of carbonyl (C=O) groups excluding carboxylic acids is 8. The van der Waals surface area contributed by atoms with E-state index in [9.17, 15) is 84.3 Å². The van der Waals surface area contributed by atoms with Crippen LogP contribution in [0.15, 0.2) is 0 Å². The van der Waals surface area contributed by atoms with E-state index in [0.29, 0.717) is 11.8 Å². The van der Waals surface area contributed by atoms with Crippen LogP contribution in [-0.4, -0.2) is 342 Å². The van der Waals surface area contributed by atoms with Gasteiger partial charge in [-0.1, -0.05) is 52.4 Å². The van der Waals surface area contributed by atoms with E-state index in [4.69, 9.17) is 61.7 Å². The molecule has 3 aliphatic heterocycles. The topological polar surface area (TPSA) is 535 Å². The minimum atomic E-state index is -1.48. The number of hydroxylamine groups is 1. The van der Waals surface area contributed by atoms with Gasteiger partial charge in [0.05, 0.1) is 132 Å². The zero-order chi connectivity index (χ0) is 79.9. The predicted octanol–water partition coefficient (Wildman–Crippen LogP) is -4.45. The van der Waals surface area contributed by atoms with Gasteiger partial charge in [0.1, 0.15) is 78.8 Å². The third-order valence-electron chi connectivity index (χ3n) is 19.4. The van der Waals surface area contributed by atoms with Gasteiger partial charge < -0.3 is 140 Å². The van der Waals surface area contributed by atoms with Gasteiger partial charge in [-0.15, -0.1) is 0 Å². The molecule has 38 nitrogen and oxygen atoms in total. The number of ketones is 1. The Bertz CT molecular complexity index is 2360. The van der Waals surface area contributed by atoms with Crippen molar-refractivity contribution in [3.63, 3.8) is 0 Å². The van der Waals surface area contributed by atoms with Crippen LogP contribution >= 0.6 is 0 Å². The first-order valence-electron chi connectivity index (χ1n) is 38.4. The van der Waals surface area contributed by atoms with Crippen molar-refractivity contribution in [1.29, 1.82) is 0 Å². The zero-order valence-electron chi connectivity index (χ0n) is 64.1. The molecular formula is C71H128N8O30. The average molecular weight is 1570 g/mol. The molecule has 3 saturated heterocycles. The fraction of sp³-hybridized carbons (Fsp3) is 0.887. The summed E-state index contributed by atoms with van der Waals surface area (Å²) in [6.07, 6.45) is -7.67. The standard InChI is InChI=1S/C71H128N8O30/c1-6-48(7-2)49-11-8-14-51(15-9-12-49)109-79-58(90)16-10-13-50(86)41-75-71(20-17-55(87)72-23-26-97-29-32-100-35-38-103-68-59(76-45(3)83)65(94)62(91)52(42-80)106-68,21-18-56(88)73-24-27-98-30-33-101-36-39-104-69-60(77-46(4)84)66(95)63(92)53(43-81)107-69)22-19-57(89)74-25-28-99-31-34-102-37-40-105-70-61(78-47(5)85)67(96)64(93)54(44-82)108-70/h48-49,51-54,59-70,75,80-82,91-96H,6-44H2,1-5H3,(H,72,87)(H,73,88)(H,74,89)(H,76,83)(H,77,84)(H,78,85)(H,79,90). The molecule has 0 bridgehead atoms. The van der Waals surface area contributed by atoms with Crippen LogP contribution in [-0.2, 0) is 100 Å². The van der Waals surface area contributed by atoms with E-state index >= 15 is 0 Å². The SMILES string of the molecule is CCC(CC)C1CCCC(ONC(=O)CCCC(=O)CNC(CCC(=O)NCCOCCOCCOC2OC(CO)C(O)C(O)C2NC(C)=O)(CCC(=O)NCCOCCOCCOC2OC(CO)C(O)C(O)C2NC(C)=O)CCC(=O)NCCOCCOCCOC2OC(CO)C(O)C(O)C2NC(C)=O)CCC1. The Kier molecular flexibility index (Phi) is 49.1. The number of hydrogen-bond acceptors (Lipinski definition) is 31. The second-order valence-electron chi connectivity index (χ2n) is 27.6. The molecule has 0 radical (unpaired) electrons. The molecule has 38 heteroatoms. The molecule has 4 aliphatic rings. The number of rotatable bonds is 57. The first kappa shape index (κ1) is 96.4. The number of carbonyl (C=O) groups is 8. The molecular weight excluding hydrogens is 1440 g/mol. The maximum Gasteiger partial charge on any atom is 0.243 e. The summed E-state index contributed by atoms with van der Waals surface area (Å²) < 4.78 is 67.4. The van der Waals surface area contributed by atoms with Crippen molar-refractivity contribution in [2.45, 2.75) is 247 Å². The van der Waals surface area contributed by atoms with Gasteiger partial charge >= 0.3 is 0 Å². The summed E-state index contributed by atoms with van der Waals surface area (Å²) in [4.78, 5) is 109. The van der Waals surface area contributed by atoms with Crippen LogP contribution in [0.1, 0.15) is 144 Å². The summed E-state index contributed by atoms with van der Waals surface area (Å²) >= 11 is 0. The Balaban J connectivity index is 1.34. The highest BCUT2D eigenvalue weighted by Crippen LogP contribution is 2.33. The molecule has 0 spiro atoms. The minimum absolute atomic E-state index is 0.00432. The lowest BCUT2D eigenvalue weighted by Gasteiger charge is -2.42. The summed E-state index contributed by atoms with van der Waals surface area (Å²) in [5, 5.41) is 110. The van der Waals surface area contributed by atoms with Gasteiger partial charge in [-0.2, -0.15) is 0 Å². The van der Waals surface area contributed by atoms with E-state index in [-0.39, 0.29) is 201 Å². The third-order valence-corrected chi connectivity index (χ3v) is 19.4. The lowest BCUT2D eigenvalue weighted by atomic mass is 9.79. The molecule has 17 N–H and O–H groups in total. The smallest absolute Gasteiger partial charge is 0.243 e. The van der Waals surface area contributed by atoms with Crippen LogP contribution in [0, 0.1) is 11.8 Å². The average Bonchev–Trinajstić information content (AvgIpc) is 0.782. The lowest BCUT2D eigenvalue weighted by Crippen LogP contribution is -2.64. The number of amides is 7. The molecule has 15 atom stereocenters. The molecule has 0 aromatic carbocycles. The summed E-state index contributed by atoms with van der Waals surface area (Å²) in [7, 11) is 0. The number of aliphatic hydroxyl groups is 9. The molecule has 109 heavy (non-hydrogen) atoms. The number of aliphatic hydroxyl groups excluding tert-OH is 9. The minimum Gasteiger partial charge on any atom is -0.394 e. The molecule has 1 saturated carbocycles. The number of hydrogen-bond donors (Lipinski definition) is 17. The van der Waals surface area contributed by atoms with Crippen LogP contribution in [0.4, 0.5) is 0 Å². The molecule has 7 amide bonds.